The lowest BCUT2D eigenvalue weighted by Crippen LogP contribution is -2.57. The summed E-state index contributed by atoms with van der Waals surface area (Å²) in [5.74, 6) is 0. The number of aliphatic imine (C=N–C) groups is 1. The Morgan fingerprint density at radius 1 is 1.53 bits per heavy atom. The molecule has 2 aliphatic rings. The molecule has 0 spiro atoms. The van der Waals surface area contributed by atoms with Crippen molar-refractivity contribution in [2.75, 3.05) is 7.05 Å². The molecule has 2 rings (SSSR count). The largest absolute Gasteiger partial charge is 0.390 e. The second kappa shape index (κ2) is 5.86. The van der Waals surface area contributed by atoms with E-state index in [-0.39, 0.29) is 0 Å². The van der Waals surface area contributed by atoms with Crippen LogP contribution in [0.1, 0.15) is 6.42 Å². The average Bonchev–Trinajstić information content (AvgIpc) is 2.76. The first-order valence-corrected chi connectivity index (χ1v) is 6.68. The van der Waals surface area contributed by atoms with Gasteiger partial charge in [-0.3, -0.25) is 4.99 Å². The molecule has 3 N–H and O–H groups in total. The van der Waals surface area contributed by atoms with Crippen molar-refractivity contribution >= 4 is 16.9 Å². The summed E-state index contributed by atoms with van der Waals surface area (Å²) in [6.07, 6.45) is -10.0. The highest BCUT2D eigenvalue weighted by molar-refractivity contribution is 8.14. The number of hydrogen-bond donors (Lipinski definition) is 3. The summed E-state index contributed by atoms with van der Waals surface area (Å²) in [6.45, 7) is 0. The van der Waals surface area contributed by atoms with Crippen LogP contribution in [0.15, 0.2) is 4.99 Å². The highest BCUT2D eigenvalue weighted by Crippen LogP contribution is 2.38. The fraction of sp³-hybridized carbons (Fsp3) is 0.900. The summed E-state index contributed by atoms with van der Waals surface area (Å²) in [6, 6.07) is -0.891. The zero-order chi connectivity index (χ0) is 14.2. The van der Waals surface area contributed by atoms with Gasteiger partial charge in [0.2, 0.25) is 6.43 Å². The topological polar surface area (TPSA) is 74.1 Å². The first-order valence-electron chi connectivity index (χ1n) is 5.80. The van der Waals surface area contributed by atoms with Gasteiger partial charge in [0, 0.05) is 13.5 Å². The van der Waals surface area contributed by atoms with E-state index in [4.69, 9.17) is 4.74 Å². The Labute approximate surface area is 112 Å². The van der Waals surface area contributed by atoms with Crippen molar-refractivity contribution in [2.45, 2.75) is 48.8 Å². The number of alkyl halides is 3. The summed E-state index contributed by atoms with van der Waals surface area (Å²) in [4.78, 5) is 3.99. The van der Waals surface area contributed by atoms with E-state index in [2.05, 4.69) is 10.3 Å². The van der Waals surface area contributed by atoms with Gasteiger partial charge in [0.25, 0.3) is 0 Å². The van der Waals surface area contributed by atoms with Crippen LogP contribution in [-0.2, 0) is 4.74 Å². The second-order valence-corrected chi connectivity index (χ2v) is 5.48. The van der Waals surface area contributed by atoms with Crippen molar-refractivity contribution in [3.05, 3.63) is 0 Å². The van der Waals surface area contributed by atoms with Crippen LogP contribution in [0.3, 0.4) is 0 Å². The fourth-order valence-corrected chi connectivity index (χ4v) is 3.17. The zero-order valence-electron chi connectivity index (χ0n) is 10.0. The molecule has 0 radical (unpaired) electrons. The molecule has 6 atom stereocenters. The average molecular weight is 300 g/mol. The van der Waals surface area contributed by atoms with Crippen LogP contribution >= 0.6 is 11.8 Å². The molecule has 0 aliphatic carbocycles. The maximum absolute atomic E-state index is 14.0. The number of halogens is 3. The fourth-order valence-electron chi connectivity index (χ4n) is 2.11. The maximum atomic E-state index is 14.0. The molecule has 0 amide bonds. The number of nitrogens with one attached hydrogen (secondary N) is 1. The number of aliphatic hydroxyl groups excluding tert-OH is 2. The molecular weight excluding hydrogens is 285 g/mol. The molecule has 0 unspecified atom stereocenters. The SMILES string of the molecule is CNC1=N[C@@H]2[C@@H](F)[C@H](O)[C@@H]([C@@H](O)CC(F)F)O[C@@H]2S1. The number of ether oxygens (including phenoxy) is 1. The monoisotopic (exact) mass is 300 g/mol. The van der Waals surface area contributed by atoms with E-state index in [1.807, 2.05) is 0 Å². The van der Waals surface area contributed by atoms with Gasteiger partial charge < -0.3 is 20.3 Å². The Bertz CT molecular complexity index is 361. The quantitative estimate of drug-likeness (QED) is 0.690. The van der Waals surface area contributed by atoms with Crippen LogP contribution in [0.5, 0.6) is 0 Å². The minimum Gasteiger partial charge on any atom is -0.390 e. The molecule has 1 saturated heterocycles. The van der Waals surface area contributed by atoms with E-state index in [9.17, 15) is 23.4 Å². The first-order chi connectivity index (χ1) is 8.93. The number of nitrogens with zero attached hydrogens (tertiary/aromatic N) is 1. The number of hydrogen-bond acceptors (Lipinski definition) is 6. The Morgan fingerprint density at radius 2 is 2.21 bits per heavy atom. The highest BCUT2D eigenvalue weighted by atomic mass is 32.2. The second-order valence-electron chi connectivity index (χ2n) is 4.39. The number of amidine groups is 1. The molecule has 5 nitrogen and oxygen atoms in total. The third-order valence-electron chi connectivity index (χ3n) is 3.07. The minimum atomic E-state index is -2.75. The van der Waals surface area contributed by atoms with Crippen molar-refractivity contribution < 1.29 is 28.1 Å². The van der Waals surface area contributed by atoms with Crippen molar-refractivity contribution in [3.63, 3.8) is 0 Å². The van der Waals surface area contributed by atoms with Crippen LogP contribution in [0.25, 0.3) is 0 Å². The minimum absolute atomic E-state index is 0.453. The molecule has 0 saturated carbocycles. The van der Waals surface area contributed by atoms with Gasteiger partial charge in [-0.2, -0.15) is 0 Å². The van der Waals surface area contributed by atoms with Crippen LogP contribution in [0, 0.1) is 0 Å². The van der Waals surface area contributed by atoms with Gasteiger partial charge in [-0.1, -0.05) is 11.8 Å². The van der Waals surface area contributed by atoms with Gasteiger partial charge in [-0.25, -0.2) is 13.2 Å². The van der Waals surface area contributed by atoms with Crippen molar-refractivity contribution in [1.82, 2.24) is 5.32 Å². The molecule has 0 aromatic rings. The normalized spacial score (nSPS) is 39.9. The predicted octanol–water partition coefficient (Wildman–Crippen LogP) is 0.117. The van der Waals surface area contributed by atoms with Gasteiger partial charge in [0.1, 0.15) is 23.7 Å². The van der Waals surface area contributed by atoms with E-state index in [1.54, 1.807) is 7.05 Å². The molecule has 2 heterocycles. The van der Waals surface area contributed by atoms with E-state index >= 15 is 0 Å². The predicted molar refractivity (Wildman–Crippen MR) is 64.1 cm³/mol. The molecule has 19 heavy (non-hydrogen) atoms. The molecule has 2 aliphatic heterocycles. The van der Waals surface area contributed by atoms with Crippen molar-refractivity contribution in [1.29, 1.82) is 0 Å². The number of thioether (sulfide) groups is 1. The summed E-state index contributed by atoms with van der Waals surface area (Å²) < 4.78 is 43.8. The van der Waals surface area contributed by atoms with Crippen molar-refractivity contribution in [2.24, 2.45) is 4.99 Å². The van der Waals surface area contributed by atoms with E-state index < -0.39 is 48.8 Å². The van der Waals surface area contributed by atoms with Crippen LogP contribution in [0.2, 0.25) is 0 Å². The molecule has 9 heteroatoms. The Balaban J connectivity index is 2.07. The first kappa shape index (κ1) is 14.9. The lowest BCUT2D eigenvalue weighted by Gasteiger charge is -2.39. The van der Waals surface area contributed by atoms with Crippen LogP contribution < -0.4 is 5.32 Å². The third-order valence-corrected chi connectivity index (χ3v) is 4.22. The highest BCUT2D eigenvalue weighted by Gasteiger charge is 2.51. The van der Waals surface area contributed by atoms with Gasteiger partial charge in [0.15, 0.2) is 11.3 Å². The summed E-state index contributed by atoms with van der Waals surface area (Å²) in [5.41, 5.74) is -0.724. The summed E-state index contributed by atoms with van der Waals surface area (Å²) in [5, 5.41) is 22.5. The molecule has 0 aromatic carbocycles. The summed E-state index contributed by atoms with van der Waals surface area (Å²) >= 11 is 1.11. The Hall–Kier alpha value is -0.510. The zero-order valence-corrected chi connectivity index (χ0v) is 10.9. The Morgan fingerprint density at radius 3 is 2.79 bits per heavy atom. The van der Waals surface area contributed by atoms with Crippen LogP contribution in [0.4, 0.5) is 13.2 Å². The summed E-state index contributed by atoms with van der Waals surface area (Å²) in [7, 11) is 1.61. The molecule has 1 fully saturated rings. The smallest absolute Gasteiger partial charge is 0.241 e. The van der Waals surface area contributed by atoms with Crippen molar-refractivity contribution in [3.8, 4) is 0 Å². The molecule has 0 bridgehead atoms. The lowest BCUT2D eigenvalue weighted by molar-refractivity contribution is -0.174. The third kappa shape index (κ3) is 2.99. The van der Waals surface area contributed by atoms with Gasteiger partial charge in [-0.05, 0) is 0 Å². The Kier molecular flexibility index (Phi) is 4.59. The van der Waals surface area contributed by atoms with Crippen LogP contribution in [-0.4, -0.2) is 64.8 Å². The maximum Gasteiger partial charge on any atom is 0.241 e. The van der Waals surface area contributed by atoms with Gasteiger partial charge in [-0.15, -0.1) is 0 Å². The van der Waals surface area contributed by atoms with E-state index in [0.717, 1.165) is 11.8 Å². The molecule has 110 valence electrons. The molecule has 0 aromatic heterocycles. The number of rotatable bonds is 3. The lowest BCUT2D eigenvalue weighted by atomic mass is 9.95. The number of aliphatic hydroxyl groups is 2. The van der Waals surface area contributed by atoms with Gasteiger partial charge in [0.05, 0.1) is 6.10 Å². The molecular formula is C10H15F3N2O3S. The number of fused-ring (bicyclic) bond motifs is 1. The van der Waals surface area contributed by atoms with E-state index in [1.165, 1.54) is 0 Å². The van der Waals surface area contributed by atoms with E-state index in [0.29, 0.717) is 5.17 Å². The van der Waals surface area contributed by atoms with Gasteiger partial charge >= 0.3 is 0 Å². The standard InChI is InChI=1S/C10H15F3N2O3S/c1-14-10-15-6-5(13)7(17)8(18-9(6)19-10)3(16)2-4(11)12/h3-9,16-17H,2H2,1H3,(H,14,15)/t3-,5+,6+,7-,8+,9+/m0/s1.